The molecule has 3 aromatic rings. The number of aryl methyl sites for hydroxylation is 2. The predicted molar refractivity (Wildman–Crippen MR) is 100.0 cm³/mol. The molecule has 0 radical (unpaired) electrons. The van der Waals surface area contributed by atoms with Gasteiger partial charge in [-0.25, -0.2) is 0 Å². The van der Waals surface area contributed by atoms with Crippen LogP contribution in [0.15, 0.2) is 72.8 Å². The van der Waals surface area contributed by atoms with Crippen molar-refractivity contribution in [3.63, 3.8) is 0 Å². The fourth-order valence-corrected chi connectivity index (χ4v) is 3.43. The number of phosphoric acid groups is 1. The molecule has 0 saturated carbocycles. The average Bonchev–Trinajstić information content (AvgIpc) is 2.59. The topological polar surface area (TPSA) is 65.0 Å². The van der Waals surface area contributed by atoms with Crippen LogP contribution in [0.3, 0.4) is 0 Å². The van der Waals surface area contributed by atoms with E-state index in [0.717, 1.165) is 11.1 Å². The maximum Gasteiger partial charge on any atom is 0.647 e. The van der Waals surface area contributed by atoms with Crippen LogP contribution in [0.4, 0.5) is 0 Å². The van der Waals surface area contributed by atoms with Crippen molar-refractivity contribution >= 4 is 7.82 Å². The Kier molecular flexibility index (Phi) is 5.19. The van der Waals surface area contributed by atoms with Crippen LogP contribution in [-0.4, -0.2) is 5.11 Å². The minimum absolute atomic E-state index is 0.0141. The molecule has 1 N–H and O–H groups in total. The Morgan fingerprint density at radius 1 is 0.692 bits per heavy atom. The van der Waals surface area contributed by atoms with E-state index >= 15 is 0 Å². The Labute approximate surface area is 152 Å². The number of phenols is 1. The fourth-order valence-electron chi connectivity index (χ4n) is 2.18. The average molecular weight is 370 g/mol. The van der Waals surface area contributed by atoms with Gasteiger partial charge in [-0.3, -0.25) is 0 Å². The molecular weight excluding hydrogens is 351 g/mol. The Hall–Kier alpha value is -2.91. The van der Waals surface area contributed by atoms with Crippen molar-refractivity contribution in [2.45, 2.75) is 13.8 Å². The van der Waals surface area contributed by atoms with E-state index in [4.69, 9.17) is 13.6 Å². The summed E-state index contributed by atoms with van der Waals surface area (Å²) >= 11 is 0. The van der Waals surface area contributed by atoms with E-state index in [1.165, 1.54) is 12.1 Å². The van der Waals surface area contributed by atoms with E-state index in [0.29, 0.717) is 11.5 Å². The van der Waals surface area contributed by atoms with Gasteiger partial charge < -0.3 is 18.7 Å². The minimum atomic E-state index is -4.05. The van der Waals surface area contributed by atoms with Crippen LogP contribution in [0.25, 0.3) is 0 Å². The third-order valence-electron chi connectivity index (χ3n) is 3.51. The van der Waals surface area contributed by atoms with Crippen LogP contribution in [-0.2, 0) is 4.57 Å². The van der Waals surface area contributed by atoms with Gasteiger partial charge in [0.25, 0.3) is 0 Å². The first-order valence-corrected chi connectivity index (χ1v) is 9.49. The zero-order chi connectivity index (χ0) is 18.6. The minimum Gasteiger partial charge on any atom is -0.508 e. The quantitative estimate of drug-likeness (QED) is 0.568. The summed E-state index contributed by atoms with van der Waals surface area (Å²) < 4.78 is 29.9. The van der Waals surface area contributed by atoms with Crippen LogP contribution in [0.2, 0.25) is 0 Å². The summed E-state index contributed by atoms with van der Waals surface area (Å²) in [5.74, 6) is 0.865. The number of phosphoric ester groups is 1. The molecule has 0 atom stereocenters. The zero-order valence-electron chi connectivity index (χ0n) is 14.5. The lowest BCUT2D eigenvalue weighted by Gasteiger charge is -2.19. The van der Waals surface area contributed by atoms with Gasteiger partial charge in [-0.15, -0.1) is 0 Å². The van der Waals surface area contributed by atoms with E-state index in [1.54, 1.807) is 36.4 Å². The Bertz CT molecular complexity index is 868. The first-order valence-electron chi connectivity index (χ1n) is 8.03. The maximum atomic E-state index is 13.3. The summed E-state index contributed by atoms with van der Waals surface area (Å²) in [6.45, 7) is 3.88. The highest BCUT2D eigenvalue weighted by Gasteiger charge is 2.33. The molecule has 0 spiro atoms. The molecule has 0 aromatic heterocycles. The lowest BCUT2D eigenvalue weighted by atomic mass is 10.2. The van der Waals surface area contributed by atoms with Gasteiger partial charge in [0.2, 0.25) is 0 Å². The van der Waals surface area contributed by atoms with Crippen molar-refractivity contribution < 1.29 is 23.2 Å². The standard InChI is InChI=1S/C20H19O5P/c1-15-6-10-18(11-7-15)23-26(22,24-19-12-8-16(2)9-13-19)25-20-5-3-4-17(21)14-20/h3-14,21H,1-2H3. The van der Waals surface area contributed by atoms with Crippen molar-refractivity contribution in [3.8, 4) is 23.0 Å². The van der Waals surface area contributed by atoms with E-state index in [2.05, 4.69) is 0 Å². The molecule has 0 unspecified atom stereocenters. The van der Waals surface area contributed by atoms with Crippen molar-refractivity contribution in [3.05, 3.63) is 83.9 Å². The molecule has 26 heavy (non-hydrogen) atoms. The molecule has 3 aromatic carbocycles. The normalized spacial score (nSPS) is 11.0. The van der Waals surface area contributed by atoms with E-state index in [-0.39, 0.29) is 11.5 Å². The smallest absolute Gasteiger partial charge is 0.508 e. The first kappa shape index (κ1) is 17.9. The highest BCUT2D eigenvalue weighted by molar-refractivity contribution is 7.49. The number of benzene rings is 3. The number of phenolic OH excluding ortho intramolecular Hbond substituents is 1. The Balaban J connectivity index is 1.89. The van der Waals surface area contributed by atoms with Crippen LogP contribution in [0.5, 0.6) is 23.0 Å². The van der Waals surface area contributed by atoms with Gasteiger partial charge in [-0.05, 0) is 50.2 Å². The summed E-state index contributed by atoms with van der Waals surface area (Å²) in [5, 5.41) is 9.60. The van der Waals surface area contributed by atoms with Gasteiger partial charge in [0.1, 0.15) is 23.0 Å². The second kappa shape index (κ2) is 7.54. The van der Waals surface area contributed by atoms with Crippen molar-refractivity contribution in [1.29, 1.82) is 0 Å². The van der Waals surface area contributed by atoms with Crippen LogP contribution < -0.4 is 13.6 Å². The van der Waals surface area contributed by atoms with Crippen LogP contribution in [0.1, 0.15) is 11.1 Å². The Morgan fingerprint density at radius 3 is 1.62 bits per heavy atom. The van der Waals surface area contributed by atoms with Crippen molar-refractivity contribution in [2.75, 3.05) is 0 Å². The summed E-state index contributed by atoms with van der Waals surface area (Å²) in [6, 6.07) is 20.0. The molecule has 0 heterocycles. The number of aromatic hydroxyl groups is 1. The van der Waals surface area contributed by atoms with Gasteiger partial charge in [-0.1, -0.05) is 41.5 Å². The van der Waals surface area contributed by atoms with Crippen molar-refractivity contribution in [2.24, 2.45) is 0 Å². The lowest BCUT2D eigenvalue weighted by molar-refractivity contribution is 0.298. The molecule has 0 fully saturated rings. The third kappa shape index (κ3) is 4.80. The Morgan fingerprint density at radius 2 is 1.15 bits per heavy atom. The summed E-state index contributed by atoms with van der Waals surface area (Å²) in [5.41, 5.74) is 2.08. The molecule has 3 rings (SSSR count). The highest BCUT2D eigenvalue weighted by atomic mass is 31.2. The molecule has 0 saturated heterocycles. The number of hydrogen-bond donors (Lipinski definition) is 1. The van der Waals surface area contributed by atoms with E-state index < -0.39 is 7.82 Å². The van der Waals surface area contributed by atoms with Crippen LogP contribution >= 0.6 is 7.82 Å². The van der Waals surface area contributed by atoms with Gasteiger partial charge in [0, 0.05) is 6.07 Å². The summed E-state index contributed by atoms with van der Waals surface area (Å²) in [4.78, 5) is 0. The monoisotopic (exact) mass is 370 g/mol. The zero-order valence-corrected chi connectivity index (χ0v) is 15.4. The largest absolute Gasteiger partial charge is 0.647 e. The molecule has 134 valence electrons. The van der Waals surface area contributed by atoms with Crippen molar-refractivity contribution in [1.82, 2.24) is 0 Å². The molecule has 0 amide bonds. The second-order valence-electron chi connectivity index (χ2n) is 5.84. The number of rotatable bonds is 6. The van der Waals surface area contributed by atoms with Gasteiger partial charge >= 0.3 is 7.82 Å². The molecule has 0 bridgehead atoms. The van der Waals surface area contributed by atoms with Gasteiger partial charge in [0.05, 0.1) is 0 Å². The molecular formula is C20H19O5P. The molecule has 0 aliphatic heterocycles. The lowest BCUT2D eigenvalue weighted by Crippen LogP contribution is -2.07. The summed E-state index contributed by atoms with van der Waals surface area (Å²) in [7, 11) is -4.05. The molecule has 5 nitrogen and oxygen atoms in total. The highest BCUT2D eigenvalue weighted by Crippen LogP contribution is 2.50. The maximum absolute atomic E-state index is 13.3. The SMILES string of the molecule is Cc1ccc(OP(=O)(Oc2ccc(C)cc2)Oc2cccc(O)c2)cc1. The number of hydrogen-bond acceptors (Lipinski definition) is 5. The molecule has 0 aliphatic rings. The van der Waals surface area contributed by atoms with E-state index in [1.807, 2.05) is 38.1 Å². The van der Waals surface area contributed by atoms with Gasteiger partial charge in [-0.2, -0.15) is 4.57 Å². The molecule has 6 heteroatoms. The van der Waals surface area contributed by atoms with E-state index in [9.17, 15) is 9.67 Å². The van der Waals surface area contributed by atoms with Gasteiger partial charge in [0.15, 0.2) is 0 Å². The second-order valence-corrected chi connectivity index (χ2v) is 7.29. The summed E-state index contributed by atoms with van der Waals surface area (Å²) in [6.07, 6.45) is 0. The third-order valence-corrected chi connectivity index (χ3v) is 4.81. The fraction of sp³-hybridized carbons (Fsp3) is 0.100. The first-order chi connectivity index (χ1) is 12.4. The predicted octanol–water partition coefficient (Wildman–Crippen LogP) is 5.65. The molecule has 0 aliphatic carbocycles. The van der Waals surface area contributed by atoms with Crippen LogP contribution in [0, 0.1) is 13.8 Å².